The fraction of sp³-hybridized carbons (Fsp3) is 0.0357. The first-order chi connectivity index (χ1) is 17.3. The predicted octanol–water partition coefficient (Wildman–Crippen LogP) is 5.56. The van der Waals surface area contributed by atoms with Gasteiger partial charge in [-0.1, -0.05) is 42.5 Å². The van der Waals surface area contributed by atoms with Gasteiger partial charge in [-0.3, -0.25) is 14.3 Å². The summed E-state index contributed by atoms with van der Waals surface area (Å²) in [6, 6.07) is 25.3. The van der Waals surface area contributed by atoms with Gasteiger partial charge in [0.2, 0.25) is 0 Å². The van der Waals surface area contributed by atoms with E-state index in [4.69, 9.17) is 4.98 Å². The molecule has 0 saturated carbocycles. The highest BCUT2D eigenvalue weighted by Crippen LogP contribution is 2.29. The van der Waals surface area contributed by atoms with Crippen LogP contribution < -0.4 is 5.56 Å². The highest BCUT2D eigenvalue weighted by atomic mass is 32.1. The second-order valence-corrected chi connectivity index (χ2v) is 8.90. The van der Waals surface area contributed by atoms with Crippen molar-refractivity contribution in [3.8, 4) is 27.5 Å². The highest BCUT2D eigenvalue weighted by molar-refractivity contribution is 7.13. The zero-order valence-electron chi connectivity index (χ0n) is 18.6. The number of benzene rings is 2. The van der Waals surface area contributed by atoms with Crippen LogP contribution in [0.5, 0.6) is 0 Å². The van der Waals surface area contributed by atoms with E-state index in [2.05, 4.69) is 15.0 Å². The van der Waals surface area contributed by atoms with Crippen LogP contribution >= 0.6 is 11.3 Å². The maximum Gasteiger partial charge on any atom is 0.278 e. The van der Waals surface area contributed by atoms with Crippen molar-refractivity contribution in [3.05, 3.63) is 124 Å². The predicted molar refractivity (Wildman–Crippen MR) is 139 cm³/mol. The van der Waals surface area contributed by atoms with Gasteiger partial charge in [0.25, 0.3) is 5.56 Å². The van der Waals surface area contributed by atoms with Crippen LogP contribution in [-0.4, -0.2) is 24.5 Å². The van der Waals surface area contributed by atoms with Gasteiger partial charge in [-0.2, -0.15) is 0 Å². The second-order valence-electron chi connectivity index (χ2n) is 8.04. The Kier molecular flexibility index (Phi) is 5.44. The lowest BCUT2D eigenvalue weighted by Crippen LogP contribution is -2.25. The topological polar surface area (TPSA) is 73.6 Å². The lowest BCUT2D eigenvalue weighted by Gasteiger charge is -2.12. The van der Waals surface area contributed by atoms with E-state index in [0.717, 1.165) is 33.1 Å². The molecule has 0 saturated heterocycles. The summed E-state index contributed by atoms with van der Waals surface area (Å²) in [4.78, 5) is 31.8. The monoisotopic (exact) mass is 473 g/mol. The van der Waals surface area contributed by atoms with Crippen LogP contribution in [0.4, 0.5) is 0 Å². The molecule has 2 aromatic carbocycles. The first-order valence-corrected chi connectivity index (χ1v) is 12.0. The third kappa shape index (κ3) is 4.13. The SMILES string of the molecule is O=c1c(Cc2ccccc2)nc2cccnc2n1-c1cccc(-c2csc(-c3cccnc3)n2)c1. The largest absolute Gasteiger partial charge is 0.278 e. The van der Waals surface area contributed by atoms with Gasteiger partial charge < -0.3 is 0 Å². The Bertz CT molecular complexity index is 1690. The van der Waals surface area contributed by atoms with E-state index < -0.39 is 0 Å². The van der Waals surface area contributed by atoms with Gasteiger partial charge in [0.05, 0.1) is 11.4 Å². The molecule has 0 radical (unpaired) electrons. The summed E-state index contributed by atoms with van der Waals surface area (Å²) in [6.45, 7) is 0. The Labute approximate surface area is 205 Å². The quantitative estimate of drug-likeness (QED) is 0.328. The van der Waals surface area contributed by atoms with Gasteiger partial charge in [-0.25, -0.2) is 15.0 Å². The molecule has 6 nitrogen and oxygen atoms in total. The van der Waals surface area contributed by atoms with Crippen LogP contribution in [0.1, 0.15) is 11.3 Å². The standard InChI is InChI=1S/C28H19N5OS/c34-28-24(15-19-7-2-1-3-8-19)31-23-12-6-14-30-26(23)33(28)22-11-4-9-20(16-22)25-18-35-27(32-25)21-10-5-13-29-17-21/h1-14,16-18H,15H2. The fourth-order valence-electron chi connectivity index (χ4n) is 4.04. The minimum absolute atomic E-state index is 0.175. The molecule has 4 aromatic heterocycles. The smallest absolute Gasteiger partial charge is 0.267 e. The average molecular weight is 474 g/mol. The minimum atomic E-state index is -0.175. The summed E-state index contributed by atoms with van der Waals surface area (Å²) in [5, 5.41) is 2.92. The molecule has 0 spiro atoms. The molecule has 6 aromatic rings. The van der Waals surface area contributed by atoms with Crippen LogP contribution in [-0.2, 0) is 6.42 Å². The van der Waals surface area contributed by atoms with Crippen LogP contribution in [0.2, 0.25) is 0 Å². The molecule has 35 heavy (non-hydrogen) atoms. The van der Waals surface area contributed by atoms with Crippen molar-refractivity contribution < 1.29 is 0 Å². The van der Waals surface area contributed by atoms with Crippen molar-refractivity contribution in [3.63, 3.8) is 0 Å². The molecular weight excluding hydrogens is 454 g/mol. The fourth-order valence-corrected chi connectivity index (χ4v) is 4.86. The summed E-state index contributed by atoms with van der Waals surface area (Å²) < 4.78 is 1.65. The Hall–Kier alpha value is -4.49. The third-order valence-electron chi connectivity index (χ3n) is 5.71. The lowest BCUT2D eigenvalue weighted by atomic mass is 10.1. The van der Waals surface area contributed by atoms with Crippen LogP contribution in [0.25, 0.3) is 38.7 Å². The Balaban J connectivity index is 1.46. The van der Waals surface area contributed by atoms with Crippen LogP contribution in [0, 0.1) is 0 Å². The maximum absolute atomic E-state index is 13.7. The second kappa shape index (κ2) is 9.04. The molecule has 0 aliphatic carbocycles. The molecule has 7 heteroatoms. The summed E-state index contributed by atoms with van der Waals surface area (Å²) >= 11 is 1.57. The van der Waals surface area contributed by atoms with Gasteiger partial charge in [0, 0.05) is 41.5 Å². The third-order valence-corrected chi connectivity index (χ3v) is 6.60. The summed E-state index contributed by atoms with van der Waals surface area (Å²) in [5.74, 6) is 0. The molecule has 0 amide bonds. The van der Waals surface area contributed by atoms with Crippen molar-refractivity contribution in [1.82, 2.24) is 24.5 Å². The molecule has 0 fully saturated rings. The van der Waals surface area contributed by atoms with Gasteiger partial charge in [-0.05, 0) is 42.0 Å². The number of rotatable bonds is 5. The van der Waals surface area contributed by atoms with E-state index in [1.807, 2.05) is 90.4 Å². The van der Waals surface area contributed by atoms with E-state index >= 15 is 0 Å². The van der Waals surface area contributed by atoms with Gasteiger partial charge in [0.15, 0.2) is 5.65 Å². The highest BCUT2D eigenvalue weighted by Gasteiger charge is 2.15. The number of hydrogen-bond acceptors (Lipinski definition) is 6. The van der Waals surface area contributed by atoms with Crippen molar-refractivity contribution in [1.29, 1.82) is 0 Å². The number of nitrogens with zero attached hydrogens (tertiary/aromatic N) is 5. The molecule has 0 aliphatic heterocycles. The summed E-state index contributed by atoms with van der Waals surface area (Å²) in [7, 11) is 0. The first kappa shape index (κ1) is 21.1. The minimum Gasteiger partial charge on any atom is -0.267 e. The average Bonchev–Trinajstić information content (AvgIpc) is 3.41. The van der Waals surface area contributed by atoms with E-state index in [-0.39, 0.29) is 5.56 Å². The van der Waals surface area contributed by atoms with E-state index in [9.17, 15) is 4.79 Å². The van der Waals surface area contributed by atoms with E-state index in [1.165, 1.54) is 0 Å². The van der Waals surface area contributed by atoms with Crippen molar-refractivity contribution in [2.45, 2.75) is 6.42 Å². The number of fused-ring (bicyclic) bond motifs is 1. The number of hydrogen-bond donors (Lipinski definition) is 0. The van der Waals surface area contributed by atoms with Crippen molar-refractivity contribution >= 4 is 22.5 Å². The Morgan fingerprint density at radius 2 is 1.69 bits per heavy atom. The van der Waals surface area contributed by atoms with E-state index in [0.29, 0.717) is 23.3 Å². The molecule has 0 aliphatic rings. The van der Waals surface area contributed by atoms with Crippen molar-refractivity contribution in [2.24, 2.45) is 0 Å². The van der Waals surface area contributed by atoms with Gasteiger partial charge in [0.1, 0.15) is 16.2 Å². The number of pyridine rings is 2. The van der Waals surface area contributed by atoms with Crippen molar-refractivity contribution in [2.75, 3.05) is 0 Å². The Morgan fingerprint density at radius 3 is 2.54 bits per heavy atom. The summed E-state index contributed by atoms with van der Waals surface area (Å²) in [6.07, 6.45) is 5.69. The molecule has 0 bridgehead atoms. The lowest BCUT2D eigenvalue weighted by molar-refractivity contribution is 0.927. The Morgan fingerprint density at radius 1 is 0.829 bits per heavy atom. The van der Waals surface area contributed by atoms with Gasteiger partial charge >= 0.3 is 0 Å². The normalized spacial score (nSPS) is 11.1. The summed E-state index contributed by atoms with van der Waals surface area (Å²) in [5.41, 5.74) is 6.02. The number of aromatic nitrogens is 5. The molecule has 0 atom stereocenters. The molecule has 168 valence electrons. The molecule has 4 heterocycles. The van der Waals surface area contributed by atoms with Gasteiger partial charge in [-0.15, -0.1) is 11.3 Å². The van der Waals surface area contributed by atoms with Crippen LogP contribution in [0.15, 0.2) is 108 Å². The van der Waals surface area contributed by atoms with Crippen LogP contribution in [0.3, 0.4) is 0 Å². The molecule has 0 N–H and O–H groups in total. The molecular formula is C28H19N5OS. The first-order valence-electron chi connectivity index (χ1n) is 11.1. The maximum atomic E-state index is 13.7. The zero-order chi connectivity index (χ0) is 23.6. The number of thiazole rings is 1. The van der Waals surface area contributed by atoms with E-state index in [1.54, 1.807) is 28.3 Å². The molecule has 6 rings (SSSR count). The molecule has 0 unspecified atom stereocenters. The zero-order valence-corrected chi connectivity index (χ0v) is 19.4.